The summed E-state index contributed by atoms with van der Waals surface area (Å²) >= 11 is 5.82. The van der Waals surface area contributed by atoms with E-state index in [1.54, 1.807) is 19.9 Å². The number of hydrogen-bond donors (Lipinski definition) is 0. The van der Waals surface area contributed by atoms with Crippen LogP contribution in [0.25, 0.3) is 0 Å². The molecule has 64 valence electrons. The van der Waals surface area contributed by atoms with Gasteiger partial charge in [-0.3, -0.25) is 4.79 Å². The van der Waals surface area contributed by atoms with Crippen molar-refractivity contribution in [3.05, 3.63) is 12.7 Å². The summed E-state index contributed by atoms with van der Waals surface area (Å²) in [6.45, 7) is 7.22. The van der Waals surface area contributed by atoms with Crippen LogP contribution >= 0.6 is 11.6 Å². The van der Waals surface area contributed by atoms with E-state index in [9.17, 15) is 4.79 Å². The van der Waals surface area contributed by atoms with Crippen molar-refractivity contribution in [2.24, 2.45) is 0 Å². The van der Waals surface area contributed by atoms with Crippen molar-refractivity contribution in [2.45, 2.75) is 25.1 Å². The third-order valence-electron chi connectivity index (χ3n) is 1.23. The minimum atomic E-state index is -0.947. The molecule has 0 rings (SSSR count). The maximum atomic E-state index is 11.1. The van der Waals surface area contributed by atoms with Gasteiger partial charge in [-0.05, 0) is 20.3 Å². The Hall–Kier alpha value is -0.500. The van der Waals surface area contributed by atoms with Crippen molar-refractivity contribution < 1.29 is 9.53 Å². The Balaban J connectivity index is 4.05. The van der Waals surface area contributed by atoms with Crippen molar-refractivity contribution >= 4 is 17.6 Å². The van der Waals surface area contributed by atoms with Gasteiger partial charge in [0.1, 0.15) is 4.87 Å². The molecule has 0 aromatic rings. The smallest absolute Gasteiger partial charge is 0.327 e. The molecule has 0 saturated heterocycles. The van der Waals surface area contributed by atoms with Gasteiger partial charge in [0.25, 0.3) is 0 Å². The van der Waals surface area contributed by atoms with Crippen LogP contribution in [0.3, 0.4) is 0 Å². The van der Waals surface area contributed by atoms with Crippen LogP contribution in [0, 0.1) is 0 Å². The van der Waals surface area contributed by atoms with Gasteiger partial charge in [-0.1, -0.05) is 6.08 Å². The lowest BCUT2D eigenvalue weighted by Crippen LogP contribution is -2.30. The molecule has 1 atom stereocenters. The summed E-state index contributed by atoms with van der Waals surface area (Å²) in [6.07, 6.45) is 2.03. The van der Waals surface area contributed by atoms with Crippen LogP contribution in [0.15, 0.2) is 12.7 Å². The molecule has 3 heteroatoms. The summed E-state index contributed by atoms with van der Waals surface area (Å²) < 4.78 is 4.74. The van der Waals surface area contributed by atoms with E-state index >= 15 is 0 Å². The van der Waals surface area contributed by atoms with E-state index in [0.29, 0.717) is 13.0 Å². The molecule has 0 aliphatic carbocycles. The van der Waals surface area contributed by atoms with E-state index in [4.69, 9.17) is 16.3 Å². The first-order valence-corrected chi connectivity index (χ1v) is 3.89. The molecule has 0 spiro atoms. The van der Waals surface area contributed by atoms with E-state index in [0.717, 1.165) is 0 Å². The standard InChI is InChI=1S/C8H13ClO2/c1-4-6-8(3,9)7(10)11-5-2/h4H,1,5-6H2,2-3H3. The molecule has 0 amide bonds. The molecule has 1 unspecified atom stereocenters. The normalized spacial score (nSPS) is 15.2. The Bertz CT molecular complexity index is 152. The number of alkyl halides is 1. The van der Waals surface area contributed by atoms with Crippen LogP contribution in [-0.2, 0) is 9.53 Å². The molecule has 0 fully saturated rings. The summed E-state index contributed by atoms with van der Waals surface area (Å²) in [5.41, 5.74) is 0. The predicted octanol–water partition coefficient (Wildman–Crippen LogP) is 2.12. The Morgan fingerprint density at radius 1 is 1.82 bits per heavy atom. The Morgan fingerprint density at radius 2 is 2.36 bits per heavy atom. The van der Waals surface area contributed by atoms with E-state index in [1.807, 2.05) is 0 Å². The lowest BCUT2D eigenvalue weighted by atomic mass is 10.1. The number of esters is 1. The van der Waals surface area contributed by atoms with Crippen LogP contribution in [-0.4, -0.2) is 17.5 Å². The van der Waals surface area contributed by atoms with E-state index in [1.165, 1.54) is 0 Å². The Kier molecular flexibility index (Phi) is 4.19. The van der Waals surface area contributed by atoms with Gasteiger partial charge in [0.15, 0.2) is 0 Å². The van der Waals surface area contributed by atoms with Crippen LogP contribution in [0.5, 0.6) is 0 Å². The van der Waals surface area contributed by atoms with Crippen molar-refractivity contribution in [1.82, 2.24) is 0 Å². The second-order valence-electron chi connectivity index (χ2n) is 2.41. The zero-order valence-electron chi connectivity index (χ0n) is 6.89. The number of hydrogen-bond acceptors (Lipinski definition) is 2. The van der Waals surface area contributed by atoms with Crippen molar-refractivity contribution in [3.8, 4) is 0 Å². The molecule has 2 nitrogen and oxygen atoms in total. The largest absolute Gasteiger partial charge is 0.465 e. The fraction of sp³-hybridized carbons (Fsp3) is 0.625. The monoisotopic (exact) mass is 176 g/mol. The van der Waals surface area contributed by atoms with Gasteiger partial charge in [-0.2, -0.15) is 0 Å². The summed E-state index contributed by atoms with van der Waals surface area (Å²) in [4.78, 5) is 10.1. The van der Waals surface area contributed by atoms with Crippen LogP contribution < -0.4 is 0 Å². The second kappa shape index (κ2) is 4.39. The maximum Gasteiger partial charge on any atom is 0.327 e. The molecule has 0 aromatic carbocycles. The molecular formula is C8H13ClO2. The van der Waals surface area contributed by atoms with E-state index in [-0.39, 0.29) is 5.97 Å². The molecule has 0 saturated carbocycles. The third-order valence-corrected chi connectivity index (χ3v) is 1.54. The number of carbonyl (C=O) groups excluding carboxylic acids is 1. The fourth-order valence-corrected chi connectivity index (χ4v) is 0.800. The topological polar surface area (TPSA) is 26.3 Å². The average Bonchev–Trinajstić information content (AvgIpc) is 1.88. The first kappa shape index (κ1) is 10.5. The SMILES string of the molecule is C=CCC(C)(Cl)C(=O)OCC. The number of ether oxygens (including phenoxy) is 1. The summed E-state index contributed by atoms with van der Waals surface area (Å²) in [5.74, 6) is -0.387. The third kappa shape index (κ3) is 3.42. The summed E-state index contributed by atoms with van der Waals surface area (Å²) in [6, 6.07) is 0. The highest BCUT2D eigenvalue weighted by Crippen LogP contribution is 2.20. The molecule has 0 aromatic heterocycles. The lowest BCUT2D eigenvalue weighted by molar-refractivity contribution is -0.145. The number of halogens is 1. The van der Waals surface area contributed by atoms with Crippen LogP contribution in [0.2, 0.25) is 0 Å². The molecule has 0 bridgehead atoms. The second-order valence-corrected chi connectivity index (χ2v) is 3.24. The van der Waals surface area contributed by atoms with Crippen molar-refractivity contribution in [2.75, 3.05) is 6.61 Å². The van der Waals surface area contributed by atoms with Crippen molar-refractivity contribution in [3.63, 3.8) is 0 Å². The Labute approximate surface area is 72.2 Å². The summed E-state index contributed by atoms with van der Waals surface area (Å²) in [5, 5.41) is 0. The minimum absolute atomic E-state index is 0.359. The highest BCUT2D eigenvalue weighted by Gasteiger charge is 2.30. The molecule has 0 aliphatic rings. The van der Waals surface area contributed by atoms with Gasteiger partial charge in [-0.25, -0.2) is 0 Å². The van der Waals surface area contributed by atoms with Gasteiger partial charge < -0.3 is 4.74 Å². The highest BCUT2D eigenvalue weighted by atomic mass is 35.5. The van der Waals surface area contributed by atoms with Crippen molar-refractivity contribution in [1.29, 1.82) is 0 Å². The van der Waals surface area contributed by atoms with Crippen LogP contribution in [0.1, 0.15) is 20.3 Å². The predicted molar refractivity (Wildman–Crippen MR) is 45.7 cm³/mol. The number of carbonyl (C=O) groups is 1. The minimum Gasteiger partial charge on any atom is -0.465 e. The van der Waals surface area contributed by atoms with E-state index in [2.05, 4.69) is 6.58 Å². The van der Waals surface area contributed by atoms with Gasteiger partial charge in [-0.15, -0.1) is 18.2 Å². The van der Waals surface area contributed by atoms with Gasteiger partial charge in [0, 0.05) is 0 Å². The van der Waals surface area contributed by atoms with Gasteiger partial charge >= 0.3 is 5.97 Å². The Morgan fingerprint density at radius 3 is 2.73 bits per heavy atom. The average molecular weight is 177 g/mol. The van der Waals surface area contributed by atoms with E-state index < -0.39 is 4.87 Å². The lowest BCUT2D eigenvalue weighted by Gasteiger charge is -2.17. The van der Waals surface area contributed by atoms with Gasteiger partial charge in [0.05, 0.1) is 6.61 Å². The number of allylic oxidation sites excluding steroid dienone is 1. The van der Waals surface area contributed by atoms with Crippen LogP contribution in [0.4, 0.5) is 0 Å². The fourth-order valence-electron chi connectivity index (χ4n) is 0.636. The molecule has 0 radical (unpaired) electrons. The quantitative estimate of drug-likeness (QED) is 0.373. The zero-order valence-corrected chi connectivity index (χ0v) is 7.65. The molecule has 0 heterocycles. The molecular weight excluding hydrogens is 164 g/mol. The molecule has 0 N–H and O–H groups in total. The first-order valence-electron chi connectivity index (χ1n) is 3.51. The number of rotatable bonds is 4. The van der Waals surface area contributed by atoms with Gasteiger partial charge in [0.2, 0.25) is 0 Å². The zero-order chi connectivity index (χ0) is 8.91. The molecule has 0 aliphatic heterocycles. The first-order chi connectivity index (χ1) is 5.04. The maximum absolute atomic E-state index is 11.1. The highest BCUT2D eigenvalue weighted by molar-refractivity contribution is 6.33. The summed E-state index contributed by atoms with van der Waals surface area (Å²) in [7, 11) is 0. The molecule has 11 heavy (non-hydrogen) atoms.